The molecule has 0 aromatic heterocycles. The van der Waals surface area contributed by atoms with Gasteiger partial charge in [0.05, 0.1) is 12.5 Å². The Morgan fingerprint density at radius 2 is 2.13 bits per heavy atom. The van der Waals surface area contributed by atoms with E-state index >= 15 is 0 Å². The molecule has 5 nitrogen and oxygen atoms in total. The van der Waals surface area contributed by atoms with Crippen LogP contribution < -0.4 is 4.90 Å². The summed E-state index contributed by atoms with van der Waals surface area (Å²) in [5.41, 5.74) is 2.62. The van der Waals surface area contributed by atoms with Gasteiger partial charge in [0.25, 0.3) is 0 Å². The van der Waals surface area contributed by atoms with Crippen LogP contribution in [0.25, 0.3) is 0 Å². The molecule has 3 rings (SSSR count). The van der Waals surface area contributed by atoms with Gasteiger partial charge in [0.1, 0.15) is 6.61 Å². The molecular weight excluding hydrogens is 292 g/mol. The largest absolute Gasteiger partial charge is 0.464 e. The number of esters is 1. The number of para-hydroxylation sites is 1. The SMILES string of the molecule is CN1CC[C@@H](C(=O)OCCN2CCCc3ccccc32)CC1=O. The van der Waals surface area contributed by atoms with Gasteiger partial charge in [0, 0.05) is 32.2 Å². The molecule has 1 amide bonds. The van der Waals surface area contributed by atoms with Gasteiger partial charge in [0.2, 0.25) is 5.91 Å². The highest BCUT2D eigenvalue weighted by Crippen LogP contribution is 2.26. The normalized spacial score (nSPS) is 21.1. The Morgan fingerprint density at radius 3 is 2.96 bits per heavy atom. The first-order valence-electron chi connectivity index (χ1n) is 8.38. The molecular formula is C18H24N2O3. The maximum Gasteiger partial charge on any atom is 0.309 e. The topological polar surface area (TPSA) is 49.9 Å². The predicted octanol–water partition coefficient (Wildman–Crippen LogP) is 1.85. The van der Waals surface area contributed by atoms with Crippen LogP contribution in [0.15, 0.2) is 24.3 Å². The fourth-order valence-corrected chi connectivity index (χ4v) is 3.36. The number of ether oxygens (including phenoxy) is 1. The van der Waals surface area contributed by atoms with E-state index in [1.807, 2.05) is 6.07 Å². The second-order valence-corrected chi connectivity index (χ2v) is 6.39. The third-order valence-corrected chi connectivity index (χ3v) is 4.81. The number of hydrogen-bond donors (Lipinski definition) is 0. The number of nitrogens with zero attached hydrogens (tertiary/aromatic N) is 2. The van der Waals surface area contributed by atoms with E-state index in [0.717, 1.165) is 19.4 Å². The second kappa shape index (κ2) is 7.02. The van der Waals surface area contributed by atoms with E-state index in [-0.39, 0.29) is 24.2 Å². The van der Waals surface area contributed by atoms with Crippen LogP contribution in [-0.4, -0.2) is 50.1 Å². The van der Waals surface area contributed by atoms with Gasteiger partial charge in [0.15, 0.2) is 0 Å². The molecule has 0 radical (unpaired) electrons. The molecule has 0 aliphatic carbocycles. The highest BCUT2D eigenvalue weighted by atomic mass is 16.5. The molecule has 0 spiro atoms. The number of rotatable bonds is 4. The number of likely N-dealkylation sites (tertiary alicyclic amines) is 1. The first-order chi connectivity index (χ1) is 11.1. The summed E-state index contributed by atoms with van der Waals surface area (Å²) < 4.78 is 5.43. The third kappa shape index (κ3) is 3.66. The van der Waals surface area contributed by atoms with Gasteiger partial charge in [-0.2, -0.15) is 0 Å². The van der Waals surface area contributed by atoms with Crippen molar-refractivity contribution >= 4 is 17.6 Å². The summed E-state index contributed by atoms with van der Waals surface area (Å²) in [7, 11) is 1.78. The van der Waals surface area contributed by atoms with Crippen LogP contribution in [0.5, 0.6) is 0 Å². The van der Waals surface area contributed by atoms with Crippen molar-refractivity contribution in [2.45, 2.75) is 25.7 Å². The molecule has 2 aliphatic rings. The Hall–Kier alpha value is -2.04. The second-order valence-electron chi connectivity index (χ2n) is 6.39. The summed E-state index contributed by atoms with van der Waals surface area (Å²) in [4.78, 5) is 27.8. The Balaban J connectivity index is 1.49. The van der Waals surface area contributed by atoms with Crippen molar-refractivity contribution in [3.63, 3.8) is 0 Å². The Bertz CT molecular complexity index is 587. The Kier molecular flexibility index (Phi) is 4.84. The molecule has 2 aliphatic heterocycles. The van der Waals surface area contributed by atoms with Gasteiger partial charge in [-0.05, 0) is 30.9 Å². The number of hydrogen-bond acceptors (Lipinski definition) is 4. The number of piperidine rings is 1. The average Bonchev–Trinajstić information content (AvgIpc) is 2.57. The van der Waals surface area contributed by atoms with Crippen LogP contribution >= 0.6 is 0 Å². The molecule has 0 saturated carbocycles. The van der Waals surface area contributed by atoms with Crippen molar-refractivity contribution in [3.05, 3.63) is 29.8 Å². The lowest BCUT2D eigenvalue weighted by Crippen LogP contribution is -2.39. The van der Waals surface area contributed by atoms with Gasteiger partial charge in [-0.1, -0.05) is 18.2 Å². The van der Waals surface area contributed by atoms with Crippen LogP contribution in [0.4, 0.5) is 5.69 Å². The molecule has 0 bridgehead atoms. The van der Waals surface area contributed by atoms with Gasteiger partial charge in [-0.15, -0.1) is 0 Å². The highest BCUT2D eigenvalue weighted by Gasteiger charge is 2.29. The molecule has 124 valence electrons. The maximum absolute atomic E-state index is 12.1. The van der Waals surface area contributed by atoms with Gasteiger partial charge < -0.3 is 14.5 Å². The van der Waals surface area contributed by atoms with Crippen molar-refractivity contribution in [3.8, 4) is 0 Å². The maximum atomic E-state index is 12.1. The lowest BCUT2D eigenvalue weighted by atomic mass is 9.97. The van der Waals surface area contributed by atoms with E-state index in [1.54, 1.807) is 11.9 Å². The number of fused-ring (bicyclic) bond motifs is 1. The fraction of sp³-hybridized carbons (Fsp3) is 0.556. The van der Waals surface area contributed by atoms with Crippen molar-refractivity contribution in [2.75, 3.05) is 38.2 Å². The molecule has 23 heavy (non-hydrogen) atoms. The molecule has 1 fully saturated rings. The van der Waals surface area contributed by atoms with Gasteiger partial charge >= 0.3 is 5.97 Å². The summed E-state index contributed by atoms with van der Waals surface area (Å²) in [5.74, 6) is -0.466. The standard InChI is InChI=1S/C18H24N2O3/c1-19-10-8-15(13-17(19)21)18(22)23-12-11-20-9-4-6-14-5-2-3-7-16(14)20/h2-3,5,7,15H,4,6,8-13H2,1H3/t15-/m1/s1. The Morgan fingerprint density at radius 1 is 1.30 bits per heavy atom. The van der Waals surface area contributed by atoms with Crippen LogP contribution in [0.1, 0.15) is 24.8 Å². The summed E-state index contributed by atoms with van der Waals surface area (Å²) in [5, 5.41) is 0. The van der Waals surface area contributed by atoms with Crippen LogP contribution in [-0.2, 0) is 20.7 Å². The van der Waals surface area contributed by atoms with Crippen molar-refractivity contribution < 1.29 is 14.3 Å². The minimum atomic E-state index is -0.271. The zero-order valence-corrected chi connectivity index (χ0v) is 13.7. The van der Waals surface area contributed by atoms with Crippen LogP contribution in [0.3, 0.4) is 0 Å². The van der Waals surface area contributed by atoms with Gasteiger partial charge in [-0.3, -0.25) is 9.59 Å². The summed E-state index contributed by atoms with van der Waals surface area (Å²) in [6, 6.07) is 8.41. The zero-order chi connectivity index (χ0) is 16.2. The number of anilines is 1. The molecule has 1 aromatic rings. The highest BCUT2D eigenvalue weighted by molar-refractivity contribution is 5.84. The summed E-state index contributed by atoms with van der Waals surface area (Å²) >= 11 is 0. The van der Waals surface area contributed by atoms with E-state index in [0.29, 0.717) is 26.1 Å². The van der Waals surface area contributed by atoms with E-state index < -0.39 is 0 Å². The smallest absolute Gasteiger partial charge is 0.309 e. The molecule has 5 heteroatoms. The number of benzene rings is 1. The molecule has 1 atom stereocenters. The summed E-state index contributed by atoms with van der Waals surface area (Å²) in [6.07, 6.45) is 3.23. The lowest BCUT2D eigenvalue weighted by Gasteiger charge is -2.31. The first-order valence-corrected chi connectivity index (χ1v) is 8.38. The van der Waals surface area contributed by atoms with Crippen molar-refractivity contribution in [1.29, 1.82) is 0 Å². The van der Waals surface area contributed by atoms with Crippen molar-refractivity contribution in [2.24, 2.45) is 5.92 Å². The van der Waals surface area contributed by atoms with E-state index in [4.69, 9.17) is 4.74 Å². The quantitative estimate of drug-likeness (QED) is 0.796. The monoisotopic (exact) mass is 316 g/mol. The van der Waals surface area contributed by atoms with E-state index in [9.17, 15) is 9.59 Å². The number of aryl methyl sites for hydroxylation is 1. The minimum absolute atomic E-state index is 0.0307. The molecule has 1 saturated heterocycles. The molecule has 0 unspecified atom stereocenters. The minimum Gasteiger partial charge on any atom is -0.464 e. The lowest BCUT2D eigenvalue weighted by molar-refractivity contribution is -0.153. The van der Waals surface area contributed by atoms with Gasteiger partial charge in [-0.25, -0.2) is 0 Å². The molecule has 0 N–H and O–H groups in total. The van der Waals surface area contributed by atoms with Crippen LogP contribution in [0.2, 0.25) is 0 Å². The molecule has 1 aromatic carbocycles. The number of carbonyl (C=O) groups excluding carboxylic acids is 2. The Labute approximate surface area is 137 Å². The summed E-state index contributed by atoms with van der Waals surface area (Å²) in [6.45, 7) is 2.73. The van der Waals surface area contributed by atoms with E-state index in [2.05, 4.69) is 23.1 Å². The average molecular weight is 316 g/mol. The fourth-order valence-electron chi connectivity index (χ4n) is 3.36. The third-order valence-electron chi connectivity index (χ3n) is 4.81. The predicted molar refractivity (Wildman–Crippen MR) is 88.3 cm³/mol. The molecule has 2 heterocycles. The van der Waals surface area contributed by atoms with Crippen LogP contribution in [0, 0.1) is 5.92 Å². The zero-order valence-electron chi connectivity index (χ0n) is 13.7. The van der Waals surface area contributed by atoms with Crippen molar-refractivity contribution in [1.82, 2.24) is 4.90 Å². The van der Waals surface area contributed by atoms with E-state index in [1.165, 1.54) is 11.3 Å². The number of amides is 1. The first kappa shape index (κ1) is 15.8. The number of carbonyl (C=O) groups is 2.